The Morgan fingerprint density at radius 1 is 1.54 bits per heavy atom. The van der Waals surface area contributed by atoms with Crippen LogP contribution in [-0.4, -0.2) is 16.3 Å². The van der Waals surface area contributed by atoms with Crippen molar-refractivity contribution < 1.29 is 5.11 Å². The number of aliphatic hydroxyl groups excluding tert-OH is 1. The summed E-state index contributed by atoms with van der Waals surface area (Å²) in [5, 5.41) is 10.6. The Balaban J connectivity index is 2.98. The number of aromatic nitrogens is 1. The van der Waals surface area contributed by atoms with Crippen LogP contribution in [0.5, 0.6) is 0 Å². The highest BCUT2D eigenvalue weighted by Crippen LogP contribution is 2.21. The number of aliphatic hydroxyl groups is 1. The molecule has 72 valence electrons. The molecule has 0 aliphatic heterocycles. The Kier molecular flexibility index (Phi) is 3.75. The fourth-order valence-corrected chi connectivity index (χ4v) is 1.67. The number of hydrogen-bond donors (Lipinski definition) is 1. The van der Waals surface area contributed by atoms with Gasteiger partial charge < -0.3 is 5.11 Å². The van der Waals surface area contributed by atoms with Gasteiger partial charge in [-0.2, -0.15) is 0 Å². The second-order valence-electron chi connectivity index (χ2n) is 2.95. The molecule has 1 rings (SSSR count). The number of aryl methyl sites for hydroxylation is 1. The summed E-state index contributed by atoms with van der Waals surface area (Å²) in [5.74, 6) is 0. The van der Waals surface area contributed by atoms with Gasteiger partial charge in [-0.05, 0) is 25.7 Å². The first kappa shape index (κ1) is 10.5. The summed E-state index contributed by atoms with van der Waals surface area (Å²) in [6.45, 7) is 3.90. The molecule has 1 aromatic heterocycles. The van der Waals surface area contributed by atoms with Gasteiger partial charge in [-0.15, -0.1) is 11.8 Å². The lowest BCUT2D eigenvalue weighted by atomic mass is 10.1. The number of thioether (sulfide) groups is 1. The first-order chi connectivity index (χ1) is 6.19. The lowest BCUT2D eigenvalue weighted by molar-refractivity contribution is 0.172. The molecule has 0 unspecified atom stereocenters. The van der Waals surface area contributed by atoms with Crippen LogP contribution in [0.15, 0.2) is 17.2 Å². The van der Waals surface area contributed by atoms with Crippen molar-refractivity contribution in [2.75, 3.05) is 6.26 Å². The Morgan fingerprint density at radius 3 is 2.69 bits per heavy atom. The maximum atomic E-state index is 9.63. The van der Waals surface area contributed by atoms with Gasteiger partial charge >= 0.3 is 0 Å². The highest BCUT2D eigenvalue weighted by Gasteiger charge is 2.08. The van der Waals surface area contributed by atoms with Crippen LogP contribution in [0.3, 0.4) is 0 Å². The van der Waals surface area contributed by atoms with Crippen molar-refractivity contribution in [3.63, 3.8) is 0 Å². The van der Waals surface area contributed by atoms with Gasteiger partial charge in [-0.25, -0.2) is 4.98 Å². The standard InChI is InChI=1S/C10H15NOS/c1-4-9(12)8-5-6-10(13-3)11-7(8)2/h5-6,9,12H,4H2,1-3H3/t9-/m1/s1. The minimum atomic E-state index is -0.372. The van der Waals surface area contributed by atoms with E-state index in [1.165, 1.54) is 0 Å². The Hall–Kier alpha value is -0.540. The molecule has 0 radical (unpaired) electrons. The molecule has 3 heteroatoms. The molecule has 1 N–H and O–H groups in total. The maximum absolute atomic E-state index is 9.63. The Labute approximate surface area is 83.4 Å². The largest absolute Gasteiger partial charge is 0.388 e. The lowest BCUT2D eigenvalue weighted by Gasteiger charge is -2.11. The van der Waals surface area contributed by atoms with E-state index in [4.69, 9.17) is 0 Å². The SMILES string of the molecule is CC[C@@H](O)c1ccc(SC)nc1C. The minimum absolute atomic E-state index is 0.372. The van der Waals surface area contributed by atoms with Crippen molar-refractivity contribution in [3.8, 4) is 0 Å². The molecule has 0 bridgehead atoms. The van der Waals surface area contributed by atoms with E-state index in [0.717, 1.165) is 22.7 Å². The summed E-state index contributed by atoms with van der Waals surface area (Å²) in [5.41, 5.74) is 1.88. The van der Waals surface area contributed by atoms with E-state index >= 15 is 0 Å². The lowest BCUT2D eigenvalue weighted by Crippen LogP contribution is -2.00. The minimum Gasteiger partial charge on any atom is -0.388 e. The first-order valence-corrected chi connectivity index (χ1v) is 5.61. The van der Waals surface area contributed by atoms with Crippen molar-refractivity contribution >= 4 is 11.8 Å². The van der Waals surface area contributed by atoms with E-state index in [1.54, 1.807) is 11.8 Å². The van der Waals surface area contributed by atoms with Crippen LogP contribution in [0.25, 0.3) is 0 Å². The first-order valence-electron chi connectivity index (χ1n) is 4.38. The van der Waals surface area contributed by atoms with Crippen LogP contribution < -0.4 is 0 Å². The van der Waals surface area contributed by atoms with Crippen LogP contribution in [0.1, 0.15) is 30.7 Å². The highest BCUT2D eigenvalue weighted by atomic mass is 32.2. The summed E-state index contributed by atoms with van der Waals surface area (Å²) in [4.78, 5) is 4.36. The van der Waals surface area contributed by atoms with Gasteiger partial charge in [-0.1, -0.05) is 13.0 Å². The van der Waals surface area contributed by atoms with Crippen molar-refractivity contribution in [1.82, 2.24) is 4.98 Å². The monoisotopic (exact) mass is 197 g/mol. The molecule has 1 aromatic rings. The molecule has 0 spiro atoms. The van der Waals surface area contributed by atoms with Crippen LogP contribution in [0.4, 0.5) is 0 Å². The fraction of sp³-hybridized carbons (Fsp3) is 0.500. The zero-order valence-corrected chi connectivity index (χ0v) is 9.06. The molecule has 13 heavy (non-hydrogen) atoms. The molecule has 0 aliphatic carbocycles. The quantitative estimate of drug-likeness (QED) is 0.756. The van der Waals surface area contributed by atoms with Gasteiger partial charge in [-0.3, -0.25) is 0 Å². The van der Waals surface area contributed by atoms with Gasteiger partial charge in [0.1, 0.15) is 0 Å². The van der Waals surface area contributed by atoms with Crippen molar-refractivity contribution in [2.45, 2.75) is 31.4 Å². The average molecular weight is 197 g/mol. The number of rotatable bonds is 3. The third kappa shape index (κ3) is 2.45. The second kappa shape index (κ2) is 4.63. The van der Waals surface area contributed by atoms with E-state index in [0.29, 0.717) is 0 Å². The van der Waals surface area contributed by atoms with E-state index < -0.39 is 0 Å². The van der Waals surface area contributed by atoms with Crippen LogP contribution >= 0.6 is 11.8 Å². The Bertz CT molecular complexity index is 288. The second-order valence-corrected chi connectivity index (χ2v) is 3.78. The molecule has 0 saturated heterocycles. The molecular weight excluding hydrogens is 182 g/mol. The summed E-state index contributed by atoms with van der Waals surface area (Å²) >= 11 is 1.62. The third-order valence-corrected chi connectivity index (χ3v) is 2.70. The van der Waals surface area contributed by atoms with Crippen LogP contribution in [0.2, 0.25) is 0 Å². The molecule has 0 aromatic carbocycles. The van der Waals surface area contributed by atoms with Gasteiger partial charge in [0.2, 0.25) is 0 Å². The van der Waals surface area contributed by atoms with Crippen LogP contribution in [0, 0.1) is 6.92 Å². The smallest absolute Gasteiger partial charge is 0.0960 e. The number of pyridine rings is 1. The molecule has 0 saturated carbocycles. The van der Waals surface area contributed by atoms with Crippen LogP contribution in [-0.2, 0) is 0 Å². The van der Waals surface area contributed by atoms with Crippen molar-refractivity contribution in [2.24, 2.45) is 0 Å². The van der Waals surface area contributed by atoms with Gasteiger partial charge in [0, 0.05) is 11.3 Å². The third-order valence-electron chi connectivity index (χ3n) is 2.06. The molecule has 0 fully saturated rings. The average Bonchev–Trinajstić information content (AvgIpc) is 2.16. The van der Waals surface area contributed by atoms with Crippen molar-refractivity contribution in [3.05, 3.63) is 23.4 Å². The molecule has 1 heterocycles. The molecule has 1 atom stereocenters. The van der Waals surface area contributed by atoms with Gasteiger partial charge in [0.15, 0.2) is 0 Å². The van der Waals surface area contributed by atoms with E-state index in [-0.39, 0.29) is 6.10 Å². The number of hydrogen-bond acceptors (Lipinski definition) is 3. The molecule has 0 aliphatic rings. The molecule has 0 amide bonds. The zero-order chi connectivity index (χ0) is 9.84. The highest BCUT2D eigenvalue weighted by molar-refractivity contribution is 7.98. The fourth-order valence-electron chi connectivity index (χ4n) is 1.23. The van der Waals surface area contributed by atoms with E-state index in [9.17, 15) is 5.11 Å². The normalized spacial score (nSPS) is 12.9. The van der Waals surface area contributed by atoms with Gasteiger partial charge in [0.25, 0.3) is 0 Å². The van der Waals surface area contributed by atoms with Crippen molar-refractivity contribution in [1.29, 1.82) is 0 Å². The Morgan fingerprint density at radius 2 is 2.23 bits per heavy atom. The summed E-state index contributed by atoms with van der Waals surface area (Å²) in [7, 11) is 0. The summed E-state index contributed by atoms with van der Waals surface area (Å²) < 4.78 is 0. The number of nitrogens with zero attached hydrogens (tertiary/aromatic N) is 1. The molecule has 2 nitrogen and oxygen atoms in total. The van der Waals surface area contributed by atoms with Gasteiger partial charge in [0.05, 0.1) is 11.1 Å². The summed E-state index contributed by atoms with van der Waals surface area (Å²) in [6, 6.07) is 3.91. The topological polar surface area (TPSA) is 33.1 Å². The summed E-state index contributed by atoms with van der Waals surface area (Å²) in [6.07, 6.45) is 2.36. The van der Waals surface area contributed by atoms with E-state index in [2.05, 4.69) is 4.98 Å². The maximum Gasteiger partial charge on any atom is 0.0960 e. The molecular formula is C10H15NOS. The zero-order valence-electron chi connectivity index (χ0n) is 8.24. The van der Waals surface area contributed by atoms with E-state index in [1.807, 2.05) is 32.2 Å². The predicted octanol–water partition coefficient (Wildman–Crippen LogP) is 2.56. The predicted molar refractivity (Wildman–Crippen MR) is 56.0 cm³/mol.